The number of thiophene rings is 2. The molecule has 7 heteroatoms. The molecular formula is C49H29N5S2. The molecule has 0 saturated heterocycles. The van der Waals surface area contributed by atoms with E-state index >= 15 is 0 Å². The van der Waals surface area contributed by atoms with Gasteiger partial charge in [0.25, 0.3) is 0 Å². The average Bonchev–Trinajstić information content (AvgIpc) is 3.85. The molecule has 0 fully saturated rings. The summed E-state index contributed by atoms with van der Waals surface area (Å²) in [6.45, 7) is 0. The fourth-order valence-corrected chi connectivity index (χ4v) is 9.77. The first-order chi connectivity index (χ1) is 27.7. The van der Waals surface area contributed by atoms with E-state index in [9.17, 15) is 0 Å². The van der Waals surface area contributed by atoms with Crippen LogP contribution in [0.1, 0.15) is 0 Å². The van der Waals surface area contributed by atoms with Gasteiger partial charge in [0.15, 0.2) is 23.3 Å². The van der Waals surface area contributed by atoms with Crippen molar-refractivity contribution in [1.82, 2.24) is 24.9 Å². The minimum absolute atomic E-state index is 0.648. The van der Waals surface area contributed by atoms with Crippen LogP contribution in [-0.4, -0.2) is 24.9 Å². The highest BCUT2D eigenvalue weighted by atomic mass is 32.1. The van der Waals surface area contributed by atoms with E-state index in [0.717, 1.165) is 65.4 Å². The van der Waals surface area contributed by atoms with E-state index in [2.05, 4.69) is 109 Å². The second-order valence-corrected chi connectivity index (χ2v) is 15.8. The molecule has 0 bridgehead atoms. The van der Waals surface area contributed by atoms with Crippen LogP contribution in [0.3, 0.4) is 0 Å². The second kappa shape index (κ2) is 13.4. The molecule has 0 spiro atoms. The van der Waals surface area contributed by atoms with E-state index in [1.807, 2.05) is 66.7 Å². The Morgan fingerprint density at radius 1 is 0.321 bits per heavy atom. The van der Waals surface area contributed by atoms with Gasteiger partial charge in [-0.15, -0.1) is 22.7 Å². The minimum atomic E-state index is 0.648. The quantitative estimate of drug-likeness (QED) is 0.169. The first kappa shape index (κ1) is 32.5. The number of fused-ring (bicyclic) bond motifs is 6. The van der Waals surface area contributed by atoms with Gasteiger partial charge in [0.2, 0.25) is 0 Å². The van der Waals surface area contributed by atoms with Crippen molar-refractivity contribution in [3.05, 3.63) is 176 Å². The number of rotatable bonds is 6. The van der Waals surface area contributed by atoms with E-state index in [-0.39, 0.29) is 0 Å². The molecule has 5 nitrogen and oxygen atoms in total. The van der Waals surface area contributed by atoms with Gasteiger partial charge >= 0.3 is 0 Å². The Labute approximate surface area is 330 Å². The standard InChI is InChI=1S/C49H29N5S2/c1-4-13-30(14-5-1)31-23-25-34(26-24-31)46-50-43(45-44(51-46)37-19-10-11-21-39(37)56-45)35-27-28-36-41(29-35)55-40-22-12-20-38(42(36)40)49-53-47(32-15-6-2-7-16-32)52-48(54-49)33-17-8-3-9-18-33/h1-29H. The van der Waals surface area contributed by atoms with Crippen LogP contribution < -0.4 is 0 Å². The van der Waals surface area contributed by atoms with Gasteiger partial charge in [0.05, 0.1) is 15.9 Å². The Morgan fingerprint density at radius 2 is 0.857 bits per heavy atom. The molecule has 0 radical (unpaired) electrons. The van der Waals surface area contributed by atoms with Crippen LogP contribution in [0.5, 0.6) is 0 Å². The van der Waals surface area contributed by atoms with Crippen molar-refractivity contribution in [2.24, 2.45) is 0 Å². The van der Waals surface area contributed by atoms with Gasteiger partial charge in [-0.05, 0) is 29.3 Å². The summed E-state index contributed by atoms with van der Waals surface area (Å²) < 4.78 is 4.63. The number of benzene rings is 7. The zero-order valence-corrected chi connectivity index (χ0v) is 31.4. The average molecular weight is 752 g/mol. The van der Waals surface area contributed by atoms with E-state index in [1.165, 1.54) is 19.7 Å². The third kappa shape index (κ3) is 5.64. The zero-order chi connectivity index (χ0) is 37.0. The highest BCUT2D eigenvalue weighted by molar-refractivity contribution is 7.26. The summed E-state index contributed by atoms with van der Waals surface area (Å²) in [5.74, 6) is 2.66. The molecule has 4 heterocycles. The number of nitrogens with zero attached hydrogens (tertiary/aromatic N) is 5. The molecule has 11 aromatic rings. The van der Waals surface area contributed by atoms with Crippen molar-refractivity contribution in [1.29, 1.82) is 0 Å². The summed E-state index contributed by atoms with van der Waals surface area (Å²) in [6.07, 6.45) is 0. The van der Waals surface area contributed by atoms with Gasteiger partial charge in [-0.1, -0.05) is 158 Å². The lowest BCUT2D eigenvalue weighted by Crippen LogP contribution is -2.00. The SMILES string of the molecule is c1ccc(-c2ccc(-c3nc(-c4ccc5c(c4)sc4cccc(-c6nc(-c7ccccc7)nc(-c7ccccc7)n6)c45)c4sc5ccccc5c4n3)cc2)cc1. The Bertz CT molecular complexity index is 3170. The molecule has 11 rings (SSSR count). The third-order valence-electron chi connectivity index (χ3n) is 10.2. The van der Waals surface area contributed by atoms with Crippen LogP contribution in [0.15, 0.2) is 176 Å². The Morgan fingerprint density at radius 3 is 1.57 bits per heavy atom. The molecule has 56 heavy (non-hydrogen) atoms. The Balaban J connectivity index is 1.07. The predicted molar refractivity (Wildman–Crippen MR) is 234 cm³/mol. The summed E-state index contributed by atoms with van der Waals surface area (Å²) >= 11 is 3.53. The van der Waals surface area contributed by atoms with Crippen LogP contribution in [0.4, 0.5) is 0 Å². The summed E-state index contributed by atoms with van der Waals surface area (Å²) in [6, 6.07) is 60.9. The van der Waals surface area contributed by atoms with Crippen LogP contribution in [-0.2, 0) is 0 Å². The zero-order valence-electron chi connectivity index (χ0n) is 29.8. The summed E-state index contributed by atoms with van der Waals surface area (Å²) in [5, 5.41) is 3.44. The van der Waals surface area contributed by atoms with Crippen molar-refractivity contribution < 1.29 is 0 Å². The summed E-state index contributed by atoms with van der Waals surface area (Å²) in [5.41, 5.74) is 9.19. The predicted octanol–water partition coefficient (Wildman–Crippen LogP) is 13.4. The lowest BCUT2D eigenvalue weighted by Gasteiger charge is -2.10. The minimum Gasteiger partial charge on any atom is -0.226 e. The van der Waals surface area contributed by atoms with E-state index in [0.29, 0.717) is 23.3 Å². The lowest BCUT2D eigenvalue weighted by atomic mass is 10.0. The van der Waals surface area contributed by atoms with E-state index in [4.69, 9.17) is 24.9 Å². The molecule has 4 aromatic heterocycles. The molecule has 0 N–H and O–H groups in total. The molecule has 0 amide bonds. The molecule has 0 saturated carbocycles. The smallest absolute Gasteiger partial charge is 0.164 e. The monoisotopic (exact) mass is 751 g/mol. The highest BCUT2D eigenvalue weighted by Crippen LogP contribution is 2.44. The maximum absolute atomic E-state index is 5.32. The summed E-state index contributed by atoms with van der Waals surface area (Å²) in [4.78, 5) is 25.6. The molecule has 262 valence electrons. The maximum Gasteiger partial charge on any atom is 0.164 e. The fourth-order valence-electron chi connectivity index (χ4n) is 7.45. The van der Waals surface area contributed by atoms with Gasteiger partial charge in [0, 0.05) is 58.1 Å². The van der Waals surface area contributed by atoms with Crippen molar-refractivity contribution in [3.8, 4) is 67.9 Å². The Kier molecular flexibility index (Phi) is 7.79. The molecule has 0 aliphatic heterocycles. The molecule has 0 unspecified atom stereocenters. The van der Waals surface area contributed by atoms with Crippen molar-refractivity contribution >= 4 is 63.1 Å². The van der Waals surface area contributed by atoms with Crippen molar-refractivity contribution in [2.75, 3.05) is 0 Å². The fraction of sp³-hybridized carbons (Fsp3) is 0. The number of hydrogen-bond donors (Lipinski definition) is 0. The highest BCUT2D eigenvalue weighted by Gasteiger charge is 2.20. The molecular weight excluding hydrogens is 723 g/mol. The Hall–Kier alpha value is -6.93. The summed E-state index contributed by atoms with van der Waals surface area (Å²) in [7, 11) is 0. The molecule has 0 aliphatic carbocycles. The van der Waals surface area contributed by atoms with Crippen molar-refractivity contribution in [2.45, 2.75) is 0 Å². The van der Waals surface area contributed by atoms with Crippen LogP contribution in [0, 0.1) is 0 Å². The first-order valence-corrected chi connectivity index (χ1v) is 20.0. The van der Waals surface area contributed by atoms with Gasteiger partial charge < -0.3 is 0 Å². The molecule has 0 atom stereocenters. The van der Waals surface area contributed by atoms with Crippen LogP contribution in [0.2, 0.25) is 0 Å². The topological polar surface area (TPSA) is 64.5 Å². The molecule has 7 aromatic carbocycles. The van der Waals surface area contributed by atoms with Crippen LogP contribution in [0.25, 0.3) is 108 Å². The lowest BCUT2D eigenvalue weighted by molar-refractivity contribution is 1.08. The molecule has 0 aliphatic rings. The van der Waals surface area contributed by atoms with E-state index < -0.39 is 0 Å². The van der Waals surface area contributed by atoms with Gasteiger partial charge in [-0.25, -0.2) is 24.9 Å². The normalized spacial score (nSPS) is 11.6. The van der Waals surface area contributed by atoms with Gasteiger partial charge in [-0.2, -0.15) is 0 Å². The maximum atomic E-state index is 5.32. The van der Waals surface area contributed by atoms with Gasteiger partial charge in [0.1, 0.15) is 0 Å². The number of aromatic nitrogens is 5. The number of hydrogen-bond acceptors (Lipinski definition) is 7. The second-order valence-electron chi connectivity index (χ2n) is 13.6. The first-order valence-electron chi connectivity index (χ1n) is 18.4. The van der Waals surface area contributed by atoms with E-state index in [1.54, 1.807) is 22.7 Å². The third-order valence-corrected chi connectivity index (χ3v) is 12.5. The van der Waals surface area contributed by atoms with Crippen molar-refractivity contribution in [3.63, 3.8) is 0 Å². The largest absolute Gasteiger partial charge is 0.226 e. The van der Waals surface area contributed by atoms with Crippen LogP contribution >= 0.6 is 22.7 Å². The van der Waals surface area contributed by atoms with Gasteiger partial charge in [-0.3, -0.25) is 0 Å².